The molecular weight excluding hydrogens is 605 g/mol. The molecule has 280 valence electrons. The molecule has 2 nitrogen and oxygen atoms in total. The Kier molecular flexibility index (Phi) is 10.3. The summed E-state index contributed by atoms with van der Waals surface area (Å²) in [4.78, 5) is 6.84. The lowest BCUT2D eigenvalue weighted by Gasteiger charge is -2.50. The van der Waals surface area contributed by atoms with Gasteiger partial charge in [0, 0.05) is 36.3 Å². The minimum Gasteiger partial charge on any atom is -0.294 e. The highest BCUT2D eigenvalue weighted by Crippen LogP contribution is 2.62. The molecule has 0 radical (unpaired) electrons. The van der Waals surface area contributed by atoms with Gasteiger partial charge >= 0.3 is 0 Å². The standard InChI is InChI=1S/C48H78N2/c1-4-14-33(15-5-1)36-24-26-39(27-25-36)49-43-22-12-10-20-41(43)47-45(49)28-29-46-48(47)42-21-11-13-23-44(42)50(46)40-31-37(34-16-6-2-7-17-34)30-38(32-40)35-18-8-3-9-19-35/h2,6,33-48H,1,3-5,7-32H2. The summed E-state index contributed by atoms with van der Waals surface area (Å²) in [5.41, 5.74) is 0. The Morgan fingerprint density at radius 2 is 0.820 bits per heavy atom. The summed E-state index contributed by atoms with van der Waals surface area (Å²) in [5.74, 6) is 10.4. The molecule has 8 aliphatic carbocycles. The van der Waals surface area contributed by atoms with Crippen LogP contribution in [0.5, 0.6) is 0 Å². The number of likely N-dealkylation sites (tertiary alicyclic amines) is 2. The number of rotatable bonds is 5. The third-order valence-corrected chi connectivity index (χ3v) is 19.1. The molecule has 9 fully saturated rings. The van der Waals surface area contributed by atoms with Crippen LogP contribution >= 0.6 is 0 Å². The average molecular weight is 683 g/mol. The zero-order valence-corrected chi connectivity index (χ0v) is 32.5. The second-order valence-electron chi connectivity index (χ2n) is 21.1. The first kappa shape index (κ1) is 34.2. The predicted molar refractivity (Wildman–Crippen MR) is 209 cm³/mol. The van der Waals surface area contributed by atoms with Gasteiger partial charge < -0.3 is 0 Å². The molecule has 12 unspecified atom stereocenters. The molecule has 2 heteroatoms. The Labute approximate surface area is 309 Å². The summed E-state index contributed by atoms with van der Waals surface area (Å²) in [7, 11) is 0. The lowest BCUT2D eigenvalue weighted by molar-refractivity contribution is -0.0104. The third-order valence-electron chi connectivity index (χ3n) is 19.1. The summed E-state index contributed by atoms with van der Waals surface area (Å²) in [6.07, 6.45) is 51.4. The van der Waals surface area contributed by atoms with Crippen molar-refractivity contribution >= 4 is 0 Å². The Bertz CT molecular complexity index is 1140. The lowest BCUT2D eigenvalue weighted by Crippen LogP contribution is -2.54. The van der Waals surface area contributed by atoms with Crippen LogP contribution in [0, 0.1) is 59.2 Å². The summed E-state index contributed by atoms with van der Waals surface area (Å²) in [6.45, 7) is 0. The molecule has 2 aliphatic heterocycles. The lowest BCUT2D eigenvalue weighted by atomic mass is 9.61. The van der Waals surface area contributed by atoms with Gasteiger partial charge in [-0.1, -0.05) is 102 Å². The summed E-state index contributed by atoms with van der Waals surface area (Å²) in [6, 6.07) is 5.65. The van der Waals surface area contributed by atoms with E-state index in [1.54, 1.807) is 122 Å². The monoisotopic (exact) mass is 683 g/mol. The van der Waals surface area contributed by atoms with E-state index in [1.807, 2.05) is 0 Å². The van der Waals surface area contributed by atoms with Crippen molar-refractivity contribution in [2.24, 2.45) is 59.2 Å². The van der Waals surface area contributed by atoms with E-state index in [2.05, 4.69) is 22.0 Å². The van der Waals surface area contributed by atoms with Crippen LogP contribution in [0.25, 0.3) is 0 Å². The van der Waals surface area contributed by atoms with Crippen molar-refractivity contribution in [2.45, 2.75) is 229 Å². The van der Waals surface area contributed by atoms with Gasteiger partial charge in [0.05, 0.1) is 0 Å². The largest absolute Gasteiger partial charge is 0.294 e. The van der Waals surface area contributed by atoms with Crippen LogP contribution in [-0.4, -0.2) is 46.1 Å². The number of allylic oxidation sites excluding steroid dienone is 2. The van der Waals surface area contributed by atoms with Crippen LogP contribution in [0.4, 0.5) is 0 Å². The molecule has 10 aliphatic rings. The summed E-state index contributed by atoms with van der Waals surface area (Å²) in [5, 5.41) is 0. The molecule has 0 aromatic rings. The van der Waals surface area contributed by atoms with Gasteiger partial charge in [0.25, 0.3) is 0 Å². The van der Waals surface area contributed by atoms with Crippen molar-refractivity contribution in [3.05, 3.63) is 12.2 Å². The zero-order valence-electron chi connectivity index (χ0n) is 32.5. The Morgan fingerprint density at radius 3 is 1.40 bits per heavy atom. The van der Waals surface area contributed by atoms with Crippen LogP contribution in [0.2, 0.25) is 0 Å². The van der Waals surface area contributed by atoms with E-state index in [0.717, 1.165) is 95.4 Å². The minimum atomic E-state index is 0.915. The number of nitrogens with zero attached hydrogens (tertiary/aromatic N) is 2. The van der Waals surface area contributed by atoms with Crippen LogP contribution < -0.4 is 0 Å². The topological polar surface area (TPSA) is 6.48 Å². The van der Waals surface area contributed by atoms with Crippen molar-refractivity contribution in [3.8, 4) is 0 Å². The van der Waals surface area contributed by atoms with Crippen LogP contribution in [0.3, 0.4) is 0 Å². The van der Waals surface area contributed by atoms with Gasteiger partial charge in [0.15, 0.2) is 0 Å². The minimum absolute atomic E-state index is 0.915. The summed E-state index contributed by atoms with van der Waals surface area (Å²) >= 11 is 0. The molecule has 10 rings (SSSR count). The van der Waals surface area contributed by atoms with Gasteiger partial charge in [-0.2, -0.15) is 0 Å². The fraction of sp³-hybridized carbons (Fsp3) is 0.958. The van der Waals surface area contributed by atoms with Gasteiger partial charge in [-0.15, -0.1) is 0 Å². The first-order chi connectivity index (χ1) is 24.8. The van der Waals surface area contributed by atoms with Crippen molar-refractivity contribution in [2.75, 3.05) is 0 Å². The molecule has 50 heavy (non-hydrogen) atoms. The van der Waals surface area contributed by atoms with Crippen LogP contribution in [0.1, 0.15) is 193 Å². The molecule has 0 aromatic heterocycles. The Morgan fingerprint density at radius 1 is 0.320 bits per heavy atom. The first-order valence-corrected chi connectivity index (χ1v) is 24.0. The molecule has 2 saturated heterocycles. The van der Waals surface area contributed by atoms with E-state index < -0.39 is 0 Å². The van der Waals surface area contributed by atoms with E-state index in [1.165, 1.54) is 70.6 Å². The number of hydrogen-bond acceptors (Lipinski definition) is 2. The quantitative estimate of drug-likeness (QED) is 0.266. The van der Waals surface area contributed by atoms with E-state index in [9.17, 15) is 0 Å². The number of hydrogen-bond donors (Lipinski definition) is 0. The highest BCUT2D eigenvalue weighted by molar-refractivity contribution is 5.16. The molecule has 0 N–H and O–H groups in total. The van der Waals surface area contributed by atoms with E-state index >= 15 is 0 Å². The summed E-state index contributed by atoms with van der Waals surface area (Å²) < 4.78 is 0. The smallest absolute Gasteiger partial charge is 0.0137 e. The van der Waals surface area contributed by atoms with E-state index in [4.69, 9.17) is 0 Å². The molecule has 0 bridgehead atoms. The van der Waals surface area contributed by atoms with Crippen molar-refractivity contribution in [1.82, 2.24) is 9.80 Å². The second-order valence-corrected chi connectivity index (χ2v) is 21.1. The maximum absolute atomic E-state index is 3.46. The Hall–Kier alpha value is -0.340. The normalized spacial score (nSPS) is 49.6. The highest BCUT2D eigenvalue weighted by atomic mass is 15.3. The SMILES string of the molecule is C1=CCC(C2CC(C3CCCCC3)CC(N3C4CCCCC4C4C5C6CCCCC6N(C6CCC(C7CCCCC7)CC6)C5CCC43)C2)CC1. The average Bonchev–Trinajstić information content (AvgIpc) is 3.72. The molecular formula is C48H78N2. The maximum atomic E-state index is 3.46. The highest BCUT2D eigenvalue weighted by Gasteiger charge is 2.63. The molecule has 0 spiro atoms. The van der Waals surface area contributed by atoms with Crippen LogP contribution in [-0.2, 0) is 0 Å². The van der Waals surface area contributed by atoms with Crippen LogP contribution in [0.15, 0.2) is 12.2 Å². The fourth-order valence-electron chi connectivity index (χ4n) is 17.3. The third kappa shape index (κ3) is 6.27. The van der Waals surface area contributed by atoms with Gasteiger partial charge in [0.2, 0.25) is 0 Å². The Balaban J connectivity index is 0.918. The van der Waals surface area contributed by atoms with Crippen molar-refractivity contribution in [1.29, 1.82) is 0 Å². The van der Waals surface area contributed by atoms with Gasteiger partial charge in [0.1, 0.15) is 0 Å². The predicted octanol–water partition coefficient (Wildman–Crippen LogP) is 12.4. The van der Waals surface area contributed by atoms with E-state index in [0.29, 0.717) is 0 Å². The van der Waals surface area contributed by atoms with Gasteiger partial charge in [-0.3, -0.25) is 9.80 Å². The zero-order chi connectivity index (χ0) is 33.0. The molecule has 12 atom stereocenters. The number of fused-ring (bicyclic) bond motifs is 7. The second kappa shape index (κ2) is 15.1. The molecule has 0 aromatic carbocycles. The van der Waals surface area contributed by atoms with Gasteiger partial charge in [-0.25, -0.2) is 0 Å². The molecule has 2 heterocycles. The van der Waals surface area contributed by atoms with Gasteiger partial charge in [-0.05, 0) is 162 Å². The molecule has 0 amide bonds. The van der Waals surface area contributed by atoms with E-state index in [-0.39, 0.29) is 0 Å². The first-order valence-electron chi connectivity index (χ1n) is 24.0. The maximum Gasteiger partial charge on any atom is 0.0137 e. The fourth-order valence-corrected chi connectivity index (χ4v) is 17.3. The molecule has 7 saturated carbocycles. The van der Waals surface area contributed by atoms with Crippen molar-refractivity contribution in [3.63, 3.8) is 0 Å². The van der Waals surface area contributed by atoms with Crippen molar-refractivity contribution < 1.29 is 0 Å².